The van der Waals surface area contributed by atoms with Crippen LogP contribution in [0.25, 0.3) is 0 Å². The van der Waals surface area contributed by atoms with Crippen LogP contribution in [0.3, 0.4) is 0 Å². The molecule has 0 atom stereocenters. The summed E-state index contributed by atoms with van der Waals surface area (Å²) in [5.41, 5.74) is 0. The maximum absolute atomic E-state index is 2.04. The molecule has 6 heteroatoms. The molecule has 0 fully saturated rings. The van der Waals surface area contributed by atoms with Crippen LogP contribution >= 0.6 is 0 Å². The van der Waals surface area contributed by atoms with Crippen molar-refractivity contribution < 1.29 is 0 Å². The van der Waals surface area contributed by atoms with Gasteiger partial charge in [-0.2, -0.15) is 0 Å². The Kier molecular flexibility index (Phi) is 3.80. The van der Waals surface area contributed by atoms with Crippen LogP contribution < -0.4 is 0 Å². The van der Waals surface area contributed by atoms with Gasteiger partial charge in [-0.1, -0.05) is 0 Å². The van der Waals surface area contributed by atoms with Crippen LogP contribution in [0.2, 0.25) is 10.6 Å². The third kappa shape index (κ3) is 2.14. The first-order chi connectivity index (χ1) is 7.90. The van der Waals surface area contributed by atoms with Gasteiger partial charge in [0.1, 0.15) is 0 Å². The molecule has 0 saturated carbocycles. The molecule has 84 valence electrons. The van der Waals surface area contributed by atoms with E-state index in [1.807, 2.05) is 22.4 Å². The Morgan fingerprint density at radius 3 is 1.50 bits per heavy atom. The molecule has 0 aromatic heterocycles. The molecule has 16 heavy (non-hydrogen) atoms. The van der Waals surface area contributed by atoms with Crippen LogP contribution in [-0.2, 0) is 0 Å². The van der Waals surface area contributed by atoms with Gasteiger partial charge in [-0.05, 0) is 0 Å². The normalized spacial score (nSPS) is 33.0. The monoisotopic (exact) mass is 608 g/mol. The van der Waals surface area contributed by atoms with E-state index in [1.54, 1.807) is 10.6 Å². The molecular weight excluding hydrogens is 594 g/mol. The van der Waals surface area contributed by atoms with E-state index in [-0.39, 0.29) is 0 Å². The van der Waals surface area contributed by atoms with Gasteiger partial charge in [0.05, 0.1) is 0 Å². The quantitative estimate of drug-likeness (QED) is 0.352. The Morgan fingerprint density at radius 1 is 0.562 bits per heavy atom. The number of hydrogen-bond donors (Lipinski definition) is 0. The molecule has 0 nitrogen and oxygen atoms in total. The molecule has 0 N–H and O–H groups in total. The van der Waals surface area contributed by atoms with Crippen LogP contribution in [0.5, 0.6) is 0 Å². The fourth-order valence-electron chi connectivity index (χ4n) is 1.80. The molecule has 0 spiro atoms. The van der Waals surface area contributed by atoms with E-state index in [0.29, 0.717) is 0 Å². The Hall–Kier alpha value is 2.34. The molecule has 4 heterocycles. The topological polar surface area (TPSA) is 0 Å². The predicted octanol–water partition coefficient (Wildman–Crippen LogP) is 0.348. The fourth-order valence-corrected chi connectivity index (χ4v) is 31.4. The van der Waals surface area contributed by atoms with Crippen LogP contribution in [0, 0.1) is 0 Å². The van der Waals surface area contributed by atoms with Crippen LogP contribution in [0.1, 0.15) is 12.8 Å². The second kappa shape index (κ2) is 5.03. The number of hydrogen-bond acceptors (Lipinski definition) is 0. The second-order valence-corrected chi connectivity index (χ2v) is 22.4. The molecule has 0 aromatic carbocycles. The molecule has 0 aromatic rings. The van der Waals surface area contributed by atoms with Gasteiger partial charge in [0.25, 0.3) is 0 Å². The van der Waals surface area contributed by atoms with Crippen LogP contribution in [0.15, 0.2) is 22.4 Å². The zero-order valence-corrected chi connectivity index (χ0v) is 18.6. The number of rotatable bonds is 0. The Balaban J connectivity index is 1.56. The van der Waals surface area contributed by atoms with Crippen molar-refractivity contribution >= 4 is 89.7 Å². The average Bonchev–Trinajstić information content (AvgIpc) is 2.94. The molecule has 0 saturated heterocycles. The summed E-state index contributed by atoms with van der Waals surface area (Å²) < 4.78 is 12.0. The summed E-state index contributed by atoms with van der Waals surface area (Å²) in [4.78, 5) is 0. The van der Waals surface area contributed by atoms with Crippen molar-refractivity contribution in [3.05, 3.63) is 22.4 Å². The summed E-state index contributed by atoms with van der Waals surface area (Å²) in [6, 6.07) is 0. The first-order valence-electron chi connectivity index (χ1n) is 5.08. The van der Waals surface area contributed by atoms with E-state index >= 15 is 0 Å². The van der Waals surface area contributed by atoms with Crippen molar-refractivity contribution in [2.24, 2.45) is 0 Å². The van der Waals surface area contributed by atoms with E-state index in [1.165, 1.54) is 12.8 Å². The summed E-state index contributed by atoms with van der Waals surface area (Å²) >= 11 is 5.35. The van der Waals surface area contributed by atoms with Crippen molar-refractivity contribution in [2.75, 3.05) is 0 Å². The summed E-state index contributed by atoms with van der Waals surface area (Å²) in [6.45, 7) is 0. The molecule has 0 unspecified atom stereocenters. The third-order valence-corrected chi connectivity index (χ3v) is 27.5. The molecule has 4 aliphatic heterocycles. The van der Waals surface area contributed by atoms with Gasteiger partial charge in [-0.15, -0.1) is 0 Å². The zero-order valence-electron chi connectivity index (χ0n) is 8.28. The standard InChI is InChI=1S/C10H8Se6/c1-3-11-7-5(1)13-9(15-7)10-14-6-2-4-12-8(6)16-10/h1-4H2/b10-9-. The number of allylic oxidation sites excluding steroid dienone is 2. The van der Waals surface area contributed by atoms with Gasteiger partial charge >= 0.3 is 136 Å². The summed E-state index contributed by atoms with van der Waals surface area (Å²) in [7, 11) is 0. The molecule has 4 aliphatic rings. The Morgan fingerprint density at radius 2 is 1.06 bits per heavy atom. The maximum atomic E-state index is 2.04. The zero-order chi connectivity index (χ0) is 10.5. The van der Waals surface area contributed by atoms with Crippen molar-refractivity contribution in [3.63, 3.8) is 0 Å². The van der Waals surface area contributed by atoms with Gasteiger partial charge in [0, 0.05) is 0 Å². The van der Waals surface area contributed by atoms with Gasteiger partial charge in [-0.25, -0.2) is 0 Å². The van der Waals surface area contributed by atoms with Crippen molar-refractivity contribution in [2.45, 2.75) is 23.5 Å². The molecule has 0 amide bonds. The molecule has 0 aliphatic carbocycles. The summed E-state index contributed by atoms with van der Waals surface area (Å²) in [5, 5.41) is 3.11. The van der Waals surface area contributed by atoms with Crippen molar-refractivity contribution in [3.8, 4) is 0 Å². The molecule has 0 bridgehead atoms. The third-order valence-electron chi connectivity index (χ3n) is 2.55. The van der Waals surface area contributed by atoms with Gasteiger partial charge in [-0.3, -0.25) is 0 Å². The van der Waals surface area contributed by atoms with Gasteiger partial charge in [0.2, 0.25) is 0 Å². The van der Waals surface area contributed by atoms with E-state index in [4.69, 9.17) is 0 Å². The molecule has 0 radical (unpaired) electrons. The van der Waals surface area contributed by atoms with E-state index < -0.39 is 0 Å². The van der Waals surface area contributed by atoms with Crippen LogP contribution in [0.4, 0.5) is 0 Å². The van der Waals surface area contributed by atoms with Gasteiger partial charge in [0.15, 0.2) is 0 Å². The minimum absolute atomic E-state index is 0.860. The fraction of sp³-hybridized carbons (Fsp3) is 0.400. The average molecular weight is 602 g/mol. The summed E-state index contributed by atoms with van der Waals surface area (Å²) in [6.07, 6.45) is 3.01. The van der Waals surface area contributed by atoms with Gasteiger partial charge < -0.3 is 0 Å². The SMILES string of the molecule is C1CC2=C([Se]1)[Se]/C(=C1/[Se]C3=C([Se]CC3)[Se]1)[Se]2. The predicted molar refractivity (Wildman–Crippen MR) is 74.5 cm³/mol. The summed E-state index contributed by atoms with van der Waals surface area (Å²) in [5.74, 6) is 0. The van der Waals surface area contributed by atoms with Crippen molar-refractivity contribution in [1.82, 2.24) is 0 Å². The first-order valence-corrected chi connectivity index (χ1v) is 16.1. The van der Waals surface area contributed by atoms with Crippen molar-refractivity contribution in [1.29, 1.82) is 0 Å². The van der Waals surface area contributed by atoms with E-state index in [9.17, 15) is 0 Å². The van der Waals surface area contributed by atoms with Crippen LogP contribution in [-0.4, -0.2) is 89.7 Å². The Bertz CT molecular complexity index is 380. The van der Waals surface area contributed by atoms with E-state index in [2.05, 4.69) is 0 Å². The second-order valence-electron chi connectivity index (χ2n) is 3.60. The first kappa shape index (κ1) is 12.1. The minimum atomic E-state index is 0.860. The molecule has 4 rings (SSSR count). The Labute approximate surface area is 134 Å². The van der Waals surface area contributed by atoms with E-state index in [0.717, 1.165) is 89.7 Å². The molecular formula is C10H8Se6.